The first kappa shape index (κ1) is 26.5. The predicted octanol–water partition coefficient (Wildman–Crippen LogP) is 10.7. The molecule has 0 saturated carbocycles. The van der Waals surface area contributed by atoms with Crippen molar-refractivity contribution in [3.63, 3.8) is 0 Å². The smallest absolute Gasteiger partial charge is 0.0725 e. The molecule has 1 heterocycles. The minimum atomic E-state index is -0.352. The van der Waals surface area contributed by atoms with Crippen LogP contribution in [0.15, 0.2) is 165 Å². The Kier molecular flexibility index (Phi) is 5.82. The lowest BCUT2D eigenvalue weighted by Crippen LogP contribution is -2.25. The maximum Gasteiger partial charge on any atom is 0.0725 e. The molecular weight excluding hydrogens is 556 g/mol. The summed E-state index contributed by atoms with van der Waals surface area (Å²) in [7, 11) is 0. The van der Waals surface area contributed by atoms with Gasteiger partial charge in [0.15, 0.2) is 0 Å². The molecule has 7 aromatic rings. The van der Waals surface area contributed by atoms with Gasteiger partial charge in [0.25, 0.3) is 0 Å². The third-order valence-electron chi connectivity index (χ3n) is 9.97. The fourth-order valence-electron chi connectivity index (χ4n) is 8.09. The van der Waals surface area contributed by atoms with E-state index in [4.69, 9.17) is 0 Å². The normalized spacial score (nSPS) is 13.6. The summed E-state index contributed by atoms with van der Waals surface area (Å²) in [6.07, 6.45) is 7.84. The second-order valence-corrected chi connectivity index (χ2v) is 12.2. The molecule has 0 atom stereocenters. The average molecular weight is 589 g/mol. The number of rotatable bonds is 6. The average Bonchev–Trinajstić information content (AvgIpc) is 3.71. The topological polar surface area (TPSA) is 8.17 Å². The molecule has 0 radical (unpaired) electrons. The van der Waals surface area contributed by atoms with E-state index in [1.54, 1.807) is 0 Å². The molecule has 0 unspecified atom stereocenters. The lowest BCUT2D eigenvalue weighted by Gasteiger charge is -2.30. The van der Waals surface area contributed by atoms with Crippen molar-refractivity contribution in [2.75, 3.05) is 6.54 Å². The highest BCUT2D eigenvalue weighted by molar-refractivity contribution is 6.12. The molecule has 46 heavy (non-hydrogen) atoms. The molecule has 2 heteroatoms. The third-order valence-corrected chi connectivity index (χ3v) is 9.97. The van der Waals surface area contributed by atoms with Crippen LogP contribution in [0.25, 0.3) is 55.8 Å². The summed E-state index contributed by atoms with van der Waals surface area (Å²) in [6.45, 7) is 8.48. The van der Waals surface area contributed by atoms with Gasteiger partial charge in [0.1, 0.15) is 0 Å². The van der Waals surface area contributed by atoms with Gasteiger partial charge in [-0.3, -0.25) is 0 Å². The van der Waals surface area contributed by atoms with Crippen LogP contribution in [0.1, 0.15) is 27.8 Å². The third kappa shape index (κ3) is 3.53. The van der Waals surface area contributed by atoms with E-state index in [0.717, 1.165) is 17.8 Å². The van der Waals surface area contributed by atoms with Crippen molar-refractivity contribution >= 4 is 27.9 Å². The second-order valence-electron chi connectivity index (χ2n) is 12.2. The highest BCUT2D eigenvalue weighted by Crippen LogP contribution is 2.63. The summed E-state index contributed by atoms with van der Waals surface area (Å²) in [6, 6.07) is 49.7. The molecule has 2 aliphatic rings. The molecule has 1 aromatic heterocycles. The number of benzene rings is 6. The zero-order valence-corrected chi connectivity index (χ0v) is 25.5. The van der Waals surface area contributed by atoms with Gasteiger partial charge in [-0.25, -0.2) is 0 Å². The second kappa shape index (κ2) is 10.1. The number of nitrogens with zero attached hydrogens (tertiary/aromatic N) is 2. The van der Waals surface area contributed by atoms with E-state index < -0.39 is 0 Å². The van der Waals surface area contributed by atoms with Crippen molar-refractivity contribution in [3.05, 3.63) is 193 Å². The SMILES string of the molecule is C=CCN(C=C)/C=C/c1ccc(-n2c3ccccc3c3cc4c(cc32)-c2ccccc2C42c3ccccc3-c3ccccc32)cc1. The molecule has 218 valence electrons. The monoisotopic (exact) mass is 588 g/mol. The van der Waals surface area contributed by atoms with Crippen molar-refractivity contribution in [3.8, 4) is 27.9 Å². The van der Waals surface area contributed by atoms with Crippen LogP contribution in [-0.4, -0.2) is 16.0 Å². The van der Waals surface area contributed by atoms with E-state index in [1.165, 1.54) is 66.3 Å². The molecule has 0 bridgehead atoms. The van der Waals surface area contributed by atoms with Crippen molar-refractivity contribution in [2.45, 2.75) is 5.41 Å². The zero-order valence-electron chi connectivity index (χ0n) is 25.5. The Morgan fingerprint density at radius 2 is 1.15 bits per heavy atom. The Bertz CT molecular complexity index is 2340. The van der Waals surface area contributed by atoms with Crippen LogP contribution in [-0.2, 0) is 5.41 Å². The van der Waals surface area contributed by atoms with E-state index in [2.05, 4.69) is 157 Å². The Hall–Kier alpha value is -5.86. The first-order valence-electron chi connectivity index (χ1n) is 15.9. The minimum Gasteiger partial charge on any atom is -0.351 e. The van der Waals surface area contributed by atoms with Gasteiger partial charge >= 0.3 is 0 Å². The fourth-order valence-corrected chi connectivity index (χ4v) is 8.09. The van der Waals surface area contributed by atoms with Crippen LogP contribution >= 0.6 is 0 Å². The Morgan fingerprint density at radius 3 is 1.78 bits per heavy atom. The standard InChI is InChI=1S/C44H32N2/c1-3-26-45(4-2)27-25-30-21-23-31(24-22-30)46-42-20-12-8-16-35(42)37-28-41-36(29-43(37)46)34-15-7-11-19-40(34)44(41)38-17-9-5-13-32(38)33-14-6-10-18-39(33)44/h3-25,27-29H,1-2,26H2/b27-25+. The van der Waals surface area contributed by atoms with Gasteiger partial charge in [-0.15, -0.1) is 6.58 Å². The van der Waals surface area contributed by atoms with Crippen molar-refractivity contribution in [1.82, 2.24) is 9.47 Å². The number of para-hydroxylation sites is 1. The van der Waals surface area contributed by atoms with E-state index in [0.29, 0.717) is 0 Å². The maximum absolute atomic E-state index is 3.91. The van der Waals surface area contributed by atoms with E-state index in [9.17, 15) is 0 Å². The summed E-state index contributed by atoms with van der Waals surface area (Å²) < 4.78 is 2.43. The molecule has 0 amide bonds. The van der Waals surface area contributed by atoms with Crippen LogP contribution in [0.4, 0.5) is 0 Å². The summed E-state index contributed by atoms with van der Waals surface area (Å²) in [5.74, 6) is 0. The summed E-state index contributed by atoms with van der Waals surface area (Å²) >= 11 is 0. The van der Waals surface area contributed by atoms with Gasteiger partial charge in [-0.1, -0.05) is 116 Å². The largest absolute Gasteiger partial charge is 0.351 e. The van der Waals surface area contributed by atoms with Crippen molar-refractivity contribution < 1.29 is 0 Å². The molecule has 2 nitrogen and oxygen atoms in total. The molecule has 1 spiro atoms. The lowest BCUT2D eigenvalue weighted by atomic mass is 9.70. The summed E-state index contributed by atoms with van der Waals surface area (Å²) in [5, 5.41) is 2.54. The van der Waals surface area contributed by atoms with E-state index in [1.807, 2.05) is 23.4 Å². The summed E-state index contributed by atoms with van der Waals surface area (Å²) in [5.41, 5.74) is 15.1. The first-order valence-corrected chi connectivity index (χ1v) is 15.9. The Balaban J connectivity index is 1.30. The minimum absolute atomic E-state index is 0.352. The number of hydrogen-bond donors (Lipinski definition) is 0. The van der Waals surface area contributed by atoms with Crippen LogP contribution in [0.3, 0.4) is 0 Å². The lowest BCUT2D eigenvalue weighted by molar-refractivity contribution is 0.572. The zero-order chi connectivity index (χ0) is 30.8. The molecule has 6 aromatic carbocycles. The van der Waals surface area contributed by atoms with E-state index >= 15 is 0 Å². The Morgan fingerprint density at radius 1 is 0.565 bits per heavy atom. The highest BCUT2D eigenvalue weighted by atomic mass is 15.1. The number of fused-ring (bicyclic) bond motifs is 13. The number of aromatic nitrogens is 1. The molecule has 0 aliphatic heterocycles. The van der Waals surface area contributed by atoms with Gasteiger partial charge in [0.05, 0.1) is 16.4 Å². The summed E-state index contributed by atoms with van der Waals surface area (Å²) in [4.78, 5) is 2.01. The first-order chi connectivity index (χ1) is 22.7. The highest BCUT2D eigenvalue weighted by Gasteiger charge is 2.51. The maximum atomic E-state index is 3.91. The van der Waals surface area contributed by atoms with E-state index in [-0.39, 0.29) is 5.41 Å². The molecular formula is C44H32N2. The number of hydrogen-bond acceptors (Lipinski definition) is 1. The van der Waals surface area contributed by atoms with Gasteiger partial charge < -0.3 is 9.47 Å². The van der Waals surface area contributed by atoms with Crippen LogP contribution < -0.4 is 0 Å². The van der Waals surface area contributed by atoms with Crippen molar-refractivity contribution in [2.24, 2.45) is 0 Å². The van der Waals surface area contributed by atoms with Crippen molar-refractivity contribution in [1.29, 1.82) is 0 Å². The quantitative estimate of drug-likeness (QED) is 0.175. The van der Waals surface area contributed by atoms with Gasteiger partial charge in [0, 0.05) is 29.2 Å². The molecule has 0 N–H and O–H groups in total. The Labute approximate surface area is 269 Å². The van der Waals surface area contributed by atoms with Gasteiger partial charge in [-0.05, 0) is 92.7 Å². The van der Waals surface area contributed by atoms with Gasteiger partial charge in [0.2, 0.25) is 0 Å². The van der Waals surface area contributed by atoms with Crippen LogP contribution in [0, 0.1) is 0 Å². The van der Waals surface area contributed by atoms with Gasteiger partial charge in [-0.2, -0.15) is 0 Å². The molecule has 0 saturated heterocycles. The predicted molar refractivity (Wildman–Crippen MR) is 193 cm³/mol. The molecule has 0 fully saturated rings. The van der Waals surface area contributed by atoms with Crippen LogP contribution in [0.5, 0.6) is 0 Å². The molecule has 2 aliphatic carbocycles. The molecule has 9 rings (SSSR count). The fraction of sp³-hybridized carbons (Fsp3) is 0.0455. The van der Waals surface area contributed by atoms with Crippen LogP contribution in [0.2, 0.25) is 0 Å².